The highest BCUT2D eigenvalue weighted by molar-refractivity contribution is 9.10. The van der Waals surface area contributed by atoms with E-state index in [4.69, 9.17) is 0 Å². The molecule has 0 unspecified atom stereocenters. The summed E-state index contributed by atoms with van der Waals surface area (Å²) in [6.07, 6.45) is 2.02. The zero-order valence-electron chi connectivity index (χ0n) is 9.07. The Hall–Kier alpha value is -0.780. The van der Waals surface area contributed by atoms with E-state index in [-0.39, 0.29) is 5.91 Å². The van der Waals surface area contributed by atoms with Crippen molar-refractivity contribution in [2.75, 3.05) is 11.6 Å². The minimum atomic E-state index is -0.0798. The first-order valence-electron chi connectivity index (χ1n) is 4.89. The highest BCUT2D eigenvalue weighted by Gasteiger charge is 2.11. The summed E-state index contributed by atoms with van der Waals surface area (Å²) in [5.74, 6) is -0.0798. The maximum atomic E-state index is 11.9. The van der Waals surface area contributed by atoms with Gasteiger partial charge in [-0.05, 0) is 57.9 Å². The Kier molecular flexibility index (Phi) is 4.25. The van der Waals surface area contributed by atoms with Crippen LogP contribution >= 0.6 is 39.0 Å². The molecule has 0 saturated heterocycles. The standard InChI is InChI=1S/C12H10BrNOS2/c1-16-9-4-2-8(3-5-9)14-12(15)11-10(13)6-7-17-11/h2-7H,1H3,(H,14,15). The van der Waals surface area contributed by atoms with Gasteiger partial charge in [-0.2, -0.15) is 0 Å². The predicted octanol–water partition coefficient (Wildman–Crippen LogP) is 4.48. The van der Waals surface area contributed by atoms with Crippen LogP contribution in [0.2, 0.25) is 0 Å². The van der Waals surface area contributed by atoms with Crippen LogP contribution in [0.1, 0.15) is 9.67 Å². The molecule has 1 aromatic heterocycles. The molecule has 1 aromatic carbocycles. The average molecular weight is 328 g/mol. The van der Waals surface area contributed by atoms with Crippen LogP contribution in [0.25, 0.3) is 0 Å². The third-order valence-corrected chi connectivity index (χ3v) is 4.75. The molecule has 0 fully saturated rings. The van der Waals surface area contributed by atoms with Crippen LogP contribution in [-0.4, -0.2) is 12.2 Å². The fourth-order valence-electron chi connectivity index (χ4n) is 1.32. The molecule has 0 spiro atoms. The second-order valence-corrected chi connectivity index (χ2v) is 5.93. The van der Waals surface area contributed by atoms with Crippen molar-refractivity contribution < 1.29 is 4.79 Å². The number of hydrogen-bond acceptors (Lipinski definition) is 3. The zero-order valence-corrected chi connectivity index (χ0v) is 12.3. The summed E-state index contributed by atoms with van der Waals surface area (Å²) < 4.78 is 0.834. The van der Waals surface area contributed by atoms with Crippen LogP contribution in [-0.2, 0) is 0 Å². The Morgan fingerprint density at radius 1 is 1.29 bits per heavy atom. The van der Waals surface area contributed by atoms with Crippen molar-refractivity contribution in [3.63, 3.8) is 0 Å². The molecule has 17 heavy (non-hydrogen) atoms. The minimum absolute atomic E-state index is 0.0798. The SMILES string of the molecule is CSc1ccc(NC(=O)c2sccc2Br)cc1. The number of thiophene rings is 1. The summed E-state index contributed by atoms with van der Waals surface area (Å²) in [4.78, 5) is 13.8. The van der Waals surface area contributed by atoms with Gasteiger partial charge in [0.1, 0.15) is 4.88 Å². The Bertz CT molecular complexity index is 522. The molecule has 1 heterocycles. The number of thioether (sulfide) groups is 1. The van der Waals surface area contributed by atoms with Gasteiger partial charge in [0.2, 0.25) is 0 Å². The number of carbonyl (C=O) groups is 1. The molecule has 0 aliphatic carbocycles. The van der Waals surface area contributed by atoms with Gasteiger partial charge < -0.3 is 5.32 Å². The first-order chi connectivity index (χ1) is 8.20. The number of halogens is 1. The Balaban J connectivity index is 2.10. The largest absolute Gasteiger partial charge is 0.321 e. The van der Waals surface area contributed by atoms with E-state index in [9.17, 15) is 4.79 Å². The maximum absolute atomic E-state index is 11.9. The third-order valence-electron chi connectivity index (χ3n) is 2.17. The quantitative estimate of drug-likeness (QED) is 0.842. The van der Waals surface area contributed by atoms with Crippen molar-refractivity contribution in [3.05, 3.63) is 45.1 Å². The monoisotopic (exact) mass is 327 g/mol. The van der Waals surface area contributed by atoms with E-state index in [1.807, 2.05) is 42.0 Å². The second kappa shape index (κ2) is 5.71. The van der Waals surface area contributed by atoms with Gasteiger partial charge >= 0.3 is 0 Å². The summed E-state index contributed by atoms with van der Waals surface area (Å²) >= 11 is 6.45. The van der Waals surface area contributed by atoms with Gasteiger partial charge in [0.05, 0.1) is 0 Å². The smallest absolute Gasteiger partial charge is 0.266 e. The minimum Gasteiger partial charge on any atom is -0.321 e. The number of hydrogen-bond donors (Lipinski definition) is 1. The van der Waals surface area contributed by atoms with Crippen molar-refractivity contribution in [1.29, 1.82) is 0 Å². The lowest BCUT2D eigenvalue weighted by Gasteiger charge is -2.04. The second-order valence-electron chi connectivity index (χ2n) is 3.28. The van der Waals surface area contributed by atoms with Crippen molar-refractivity contribution >= 4 is 50.6 Å². The van der Waals surface area contributed by atoms with Crippen LogP contribution < -0.4 is 5.32 Å². The van der Waals surface area contributed by atoms with Gasteiger partial charge in [-0.25, -0.2) is 0 Å². The summed E-state index contributed by atoms with van der Waals surface area (Å²) in [7, 11) is 0. The highest BCUT2D eigenvalue weighted by atomic mass is 79.9. The number of amides is 1. The van der Waals surface area contributed by atoms with Gasteiger partial charge in [-0.3, -0.25) is 4.79 Å². The molecular weight excluding hydrogens is 318 g/mol. The Morgan fingerprint density at radius 2 is 2.00 bits per heavy atom. The number of nitrogens with one attached hydrogen (secondary N) is 1. The summed E-state index contributed by atoms with van der Waals surface area (Å²) in [5, 5.41) is 4.75. The van der Waals surface area contributed by atoms with E-state index in [0.717, 1.165) is 10.2 Å². The summed E-state index contributed by atoms with van der Waals surface area (Å²) in [6.45, 7) is 0. The van der Waals surface area contributed by atoms with E-state index in [2.05, 4.69) is 21.2 Å². The Morgan fingerprint density at radius 3 is 2.53 bits per heavy atom. The molecule has 88 valence electrons. The number of carbonyl (C=O) groups excluding carboxylic acids is 1. The van der Waals surface area contributed by atoms with Crippen molar-refractivity contribution in [1.82, 2.24) is 0 Å². The molecule has 0 aliphatic heterocycles. The average Bonchev–Trinajstić information content (AvgIpc) is 2.76. The molecule has 1 N–H and O–H groups in total. The number of anilines is 1. The van der Waals surface area contributed by atoms with E-state index >= 15 is 0 Å². The first-order valence-corrected chi connectivity index (χ1v) is 7.79. The van der Waals surface area contributed by atoms with E-state index in [0.29, 0.717) is 4.88 Å². The van der Waals surface area contributed by atoms with Crippen LogP contribution in [0.3, 0.4) is 0 Å². The van der Waals surface area contributed by atoms with Crippen LogP contribution in [0, 0.1) is 0 Å². The molecular formula is C12H10BrNOS2. The van der Waals surface area contributed by atoms with E-state index in [1.165, 1.54) is 16.2 Å². The Labute approximate surface area is 117 Å². The van der Waals surface area contributed by atoms with Crippen molar-refractivity contribution in [3.8, 4) is 0 Å². The lowest BCUT2D eigenvalue weighted by molar-refractivity contribution is 0.103. The zero-order chi connectivity index (χ0) is 12.3. The third kappa shape index (κ3) is 3.12. The van der Waals surface area contributed by atoms with Crippen LogP contribution in [0.4, 0.5) is 5.69 Å². The van der Waals surface area contributed by atoms with Crippen LogP contribution in [0.5, 0.6) is 0 Å². The lowest BCUT2D eigenvalue weighted by Crippen LogP contribution is -2.10. The molecule has 2 nitrogen and oxygen atoms in total. The topological polar surface area (TPSA) is 29.1 Å². The van der Waals surface area contributed by atoms with Gasteiger partial charge in [0.25, 0.3) is 5.91 Å². The molecule has 5 heteroatoms. The molecule has 0 aliphatic rings. The fourth-order valence-corrected chi connectivity index (χ4v) is 3.17. The highest BCUT2D eigenvalue weighted by Crippen LogP contribution is 2.24. The molecule has 0 atom stereocenters. The van der Waals surface area contributed by atoms with Gasteiger partial charge in [-0.1, -0.05) is 0 Å². The molecule has 0 radical (unpaired) electrons. The van der Waals surface area contributed by atoms with Gasteiger partial charge in [0.15, 0.2) is 0 Å². The maximum Gasteiger partial charge on any atom is 0.266 e. The molecule has 1 amide bonds. The van der Waals surface area contributed by atoms with Gasteiger partial charge in [0, 0.05) is 15.1 Å². The predicted molar refractivity (Wildman–Crippen MR) is 78.2 cm³/mol. The first kappa shape index (κ1) is 12.7. The molecule has 0 saturated carbocycles. The molecule has 0 bridgehead atoms. The molecule has 2 rings (SSSR count). The van der Waals surface area contributed by atoms with Crippen molar-refractivity contribution in [2.24, 2.45) is 0 Å². The number of benzene rings is 1. The lowest BCUT2D eigenvalue weighted by atomic mass is 10.3. The summed E-state index contributed by atoms with van der Waals surface area (Å²) in [5.41, 5.74) is 0.813. The fraction of sp³-hybridized carbons (Fsp3) is 0.0833. The van der Waals surface area contributed by atoms with Gasteiger partial charge in [-0.15, -0.1) is 23.1 Å². The normalized spacial score (nSPS) is 10.2. The number of rotatable bonds is 3. The van der Waals surface area contributed by atoms with Crippen molar-refractivity contribution in [2.45, 2.75) is 4.90 Å². The summed E-state index contributed by atoms with van der Waals surface area (Å²) in [6, 6.07) is 9.67. The van der Waals surface area contributed by atoms with E-state index < -0.39 is 0 Å². The molecule has 2 aromatic rings. The van der Waals surface area contributed by atoms with Crippen LogP contribution in [0.15, 0.2) is 45.1 Å². The van der Waals surface area contributed by atoms with E-state index in [1.54, 1.807) is 11.8 Å².